The maximum Gasteiger partial charge on any atom is 0.421 e. The first-order chi connectivity index (χ1) is 13.9. The van der Waals surface area contributed by atoms with Gasteiger partial charge in [0.25, 0.3) is 0 Å². The molecule has 2 aromatic heterocycles. The summed E-state index contributed by atoms with van der Waals surface area (Å²) in [5.41, 5.74) is -0.368. The Morgan fingerprint density at radius 1 is 1.28 bits per heavy atom. The molecule has 0 bridgehead atoms. The summed E-state index contributed by atoms with van der Waals surface area (Å²) in [6, 6.07) is 5.45. The number of para-hydroxylation sites is 1. The molecule has 1 fully saturated rings. The van der Waals surface area contributed by atoms with Crippen LogP contribution in [0.25, 0.3) is 10.2 Å². The van der Waals surface area contributed by atoms with Crippen LogP contribution in [0.3, 0.4) is 0 Å². The van der Waals surface area contributed by atoms with Gasteiger partial charge in [-0.05, 0) is 31.5 Å². The van der Waals surface area contributed by atoms with Crippen LogP contribution in [0.1, 0.15) is 18.4 Å². The van der Waals surface area contributed by atoms with Gasteiger partial charge in [0.05, 0.1) is 11.8 Å². The van der Waals surface area contributed by atoms with E-state index < -0.39 is 11.7 Å². The first-order valence-corrected chi connectivity index (χ1v) is 9.88. The second-order valence-electron chi connectivity index (χ2n) is 6.59. The van der Waals surface area contributed by atoms with Gasteiger partial charge in [0.15, 0.2) is 5.13 Å². The largest absolute Gasteiger partial charge is 0.494 e. The number of benzene rings is 1. The van der Waals surface area contributed by atoms with Crippen molar-refractivity contribution in [2.75, 3.05) is 30.8 Å². The first-order valence-electron chi connectivity index (χ1n) is 9.06. The topological polar surface area (TPSA) is 84.0 Å². The number of halogens is 3. The highest BCUT2D eigenvalue weighted by molar-refractivity contribution is 7.22. The van der Waals surface area contributed by atoms with Crippen molar-refractivity contribution in [2.45, 2.75) is 25.1 Å². The summed E-state index contributed by atoms with van der Waals surface area (Å²) in [7, 11) is 1.52. The number of anilines is 3. The number of piperidine rings is 1. The van der Waals surface area contributed by atoms with E-state index in [9.17, 15) is 13.2 Å². The number of hydrogen-bond donors (Lipinski definition) is 3. The van der Waals surface area contributed by atoms with Gasteiger partial charge in [-0.15, -0.1) is 0 Å². The minimum absolute atomic E-state index is 0.0695. The van der Waals surface area contributed by atoms with E-state index in [-0.39, 0.29) is 17.8 Å². The fourth-order valence-corrected chi connectivity index (χ4v) is 4.04. The molecule has 0 unspecified atom stereocenters. The molecular formula is C18H19F3N6OS. The third kappa shape index (κ3) is 4.35. The van der Waals surface area contributed by atoms with Crippen LogP contribution >= 0.6 is 11.3 Å². The third-order valence-corrected chi connectivity index (χ3v) is 5.49. The van der Waals surface area contributed by atoms with Gasteiger partial charge < -0.3 is 20.7 Å². The predicted molar refractivity (Wildman–Crippen MR) is 106 cm³/mol. The standard InChI is InChI=1S/C18H19F3N6OS/c1-28-12-5-2-6-13-14(12)25-17(29-13)27-15-11(18(19,20)21)9-23-16(26-15)24-10-4-3-7-22-8-10/h2,5-6,9-10,22H,3-4,7-8H2,1H3,(H2,23,24,25,26,27)/t10-/m0/s1. The smallest absolute Gasteiger partial charge is 0.421 e. The molecule has 0 spiro atoms. The normalized spacial score (nSPS) is 17.3. The minimum atomic E-state index is -4.60. The lowest BCUT2D eigenvalue weighted by Crippen LogP contribution is -2.38. The van der Waals surface area contributed by atoms with Crippen molar-refractivity contribution in [2.24, 2.45) is 0 Å². The van der Waals surface area contributed by atoms with Crippen LogP contribution in [-0.4, -0.2) is 41.2 Å². The fourth-order valence-electron chi connectivity index (χ4n) is 3.15. The quantitative estimate of drug-likeness (QED) is 0.571. The molecule has 0 amide bonds. The summed E-state index contributed by atoms with van der Waals surface area (Å²) >= 11 is 1.22. The molecule has 29 heavy (non-hydrogen) atoms. The van der Waals surface area contributed by atoms with Crippen molar-refractivity contribution in [3.63, 3.8) is 0 Å². The Kier molecular flexibility index (Phi) is 5.41. The Morgan fingerprint density at radius 3 is 2.86 bits per heavy atom. The monoisotopic (exact) mass is 424 g/mol. The zero-order chi connectivity index (χ0) is 20.4. The third-order valence-electron chi connectivity index (χ3n) is 4.55. The number of alkyl halides is 3. The highest BCUT2D eigenvalue weighted by atomic mass is 32.1. The van der Waals surface area contributed by atoms with E-state index in [2.05, 4.69) is 30.9 Å². The molecule has 1 aliphatic heterocycles. The summed E-state index contributed by atoms with van der Waals surface area (Å²) in [6.45, 7) is 1.64. The van der Waals surface area contributed by atoms with Crippen molar-refractivity contribution in [1.82, 2.24) is 20.3 Å². The molecule has 1 atom stereocenters. The minimum Gasteiger partial charge on any atom is -0.494 e. The zero-order valence-electron chi connectivity index (χ0n) is 15.5. The highest BCUT2D eigenvalue weighted by Gasteiger charge is 2.35. The van der Waals surface area contributed by atoms with E-state index in [1.165, 1.54) is 18.4 Å². The number of hydrogen-bond acceptors (Lipinski definition) is 8. The first kappa shape index (κ1) is 19.6. The Bertz CT molecular complexity index is 1000. The van der Waals surface area contributed by atoms with Gasteiger partial charge in [0.2, 0.25) is 5.95 Å². The molecule has 1 aromatic carbocycles. The number of aromatic nitrogens is 3. The van der Waals surface area contributed by atoms with E-state index in [1.807, 2.05) is 6.07 Å². The second kappa shape index (κ2) is 7.99. The van der Waals surface area contributed by atoms with Gasteiger partial charge >= 0.3 is 6.18 Å². The van der Waals surface area contributed by atoms with Crippen LogP contribution in [-0.2, 0) is 6.18 Å². The van der Waals surface area contributed by atoms with E-state index in [1.54, 1.807) is 12.1 Å². The summed E-state index contributed by atoms with van der Waals surface area (Å²) in [5, 5.41) is 9.35. The van der Waals surface area contributed by atoms with Crippen molar-refractivity contribution in [3.05, 3.63) is 30.0 Å². The molecule has 3 heterocycles. The summed E-state index contributed by atoms with van der Waals surface area (Å²) in [5.74, 6) is 0.363. The van der Waals surface area contributed by atoms with E-state index in [4.69, 9.17) is 4.74 Å². The van der Waals surface area contributed by atoms with Gasteiger partial charge in [0, 0.05) is 18.8 Å². The fraction of sp³-hybridized carbons (Fsp3) is 0.389. The number of ether oxygens (including phenoxy) is 1. The average Bonchev–Trinajstić information content (AvgIpc) is 3.10. The van der Waals surface area contributed by atoms with E-state index >= 15 is 0 Å². The van der Waals surface area contributed by atoms with Crippen LogP contribution in [0.4, 0.5) is 30.1 Å². The molecule has 1 saturated heterocycles. The molecule has 0 aliphatic carbocycles. The summed E-state index contributed by atoms with van der Waals surface area (Å²) < 4.78 is 46.5. The van der Waals surface area contributed by atoms with Crippen LogP contribution < -0.4 is 20.7 Å². The maximum absolute atomic E-state index is 13.5. The number of nitrogens with zero attached hydrogens (tertiary/aromatic N) is 3. The van der Waals surface area contributed by atoms with Crippen LogP contribution in [0, 0.1) is 0 Å². The molecular weight excluding hydrogens is 405 g/mol. The van der Waals surface area contributed by atoms with Crippen molar-refractivity contribution in [3.8, 4) is 5.75 Å². The van der Waals surface area contributed by atoms with Gasteiger partial charge in [0.1, 0.15) is 22.6 Å². The molecule has 154 valence electrons. The SMILES string of the molecule is COc1cccc2sc(Nc3nc(N[C@H]4CCCNC4)ncc3C(F)(F)F)nc12. The number of nitrogens with one attached hydrogen (secondary N) is 3. The molecule has 0 saturated carbocycles. The van der Waals surface area contributed by atoms with Crippen molar-refractivity contribution >= 4 is 38.5 Å². The van der Waals surface area contributed by atoms with Crippen molar-refractivity contribution < 1.29 is 17.9 Å². The lowest BCUT2D eigenvalue weighted by atomic mass is 10.1. The van der Waals surface area contributed by atoms with E-state index in [0.29, 0.717) is 22.9 Å². The van der Waals surface area contributed by atoms with Crippen molar-refractivity contribution in [1.29, 1.82) is 0 Å². The average molecular weight is 424 g/mol. The Morgan fingerprint density at radius 2 is 2.14 bits per heavy atom. The summed E-state index contributed by atoms with van der Waals surface area (Å²) in [6.07, 6.45) is -1.92. The lowest BCUT2D eigenvalue weighted by molar-refractivity contribution is -0.137. The summed E-state index contributed by atoms with van der Waals surface area (Å²) in [4.78, 5) is 12.3. The highest BCUT2D eigenvalue weighted by Crippen LogP contribution is 2.38. The Labute approximate surface area is 168 Å². The predicted octanol–water partition coefficient (Wildman–Crippen LogP) is 4.02. The van der Waals surface area contributed by atoms with Gasteiger partial charge in [-0.1, -0.05) is 17.4 Å². The van der Waals surface area contributed by atoms with Crippen LogP contribution in [0.5, 0.6) is 5.75 Å². The van der Waals surface area contributed by atoms with E-state index in [0.717, 1.165) is 30.3 Å². The molecule has 7 nitrogen and oxygen atoms in total. The Hall–Kier alpha value is -2.66. The molecule has 0 radical (unpaired) electrons. The number of fused-ring (bicyclic) bond motifs is 1. The van der Waals surface area contributed by atoms with Crippen LogP contribution in [0.15, 0.2) is 24.4 Å². The van der Waals surface area contributed by atoms with Gasteiger partial charge in [-0.3, -0.25) is 0 Å². The molecule has 3 aromatic rings. The number of rotatable bonds is 5. The molecule has 4 rings (SSSR count). The number of thiazole rings is 1. The maximum atomic E-state index is 13.5. The zero-order valence-corrected chi connectivity index (χ0v) is 16.3. The van der Waals surface area contributed by atoms with Gasteiger partial charge in [-0.2, -0.15) is 18.2 Å². The number of methoxy groups -OCH3 is 1. The lowest BCUT2D eigenvalue weighted by Gasteiger charge is -2.24. The molecule has 1 aliphatic rings. The van der Waals surface area contributed by atoms with Gasteiger partial charge in [-0.25, -0.2) is 9.97 Å². The second-order valence-corrected chi connectivity index (χ2v) is 7.62. The van der Waals surface area contributed by atoms with Crippen LogP contribution in [0.2, 0.25) is 0 Å². The molecule has 3 N–H and O–H groups in total. The molecule has 11 heteroatoms. The Balaban J connectivity index is 1.65.